The second-order valence-corrected chi connectivity index (χ2v) is 9.81. The minimum Gasteiger partial charge on any atom is -0.486 e. The predicted molar refractivity (Wildman–Crippen MR) is 146 cm³/mol. The highest BCUT2D eigenvalue weighted by Gasteiger charge is 2.35. The topological polar surface area (TPSA) is 77.1 Å². The quantitative estimate of drug-likeness (QED) is 0.208. The maximum atomic E-state index is 13.3. The molecule has 2 aliphatic heterocycles. The Balaban J connectivity index is 1.40. The van der Waals surface area contributed by atoms with Gasteiger partial charge in [-0.15, -0.1) is 0 Å². The number of nitrogens with one attached hydrogen (secondary N) is 1. The van der Waals surface area contributed by atoms with Crippen LogP contribution < -0.4 is 24.4 Å². The normalized spacial score (nSPS) is 15.8. The highest BCUT2D eigenvalue weighted by molar-refractivity contribution is 7.80. The molecular formula is C25H14Cl4N2O5S. The number of fused-ring (bicyclic) bond motifs is 1. The van der Waals surface area contributed by atoms with Crippen molar-refractivity contribution in [1.82, 2.24) is 5.32 Å². The first-order valence-corrected chi connectivity index (χ1v) is 12.5. The van der Waals surface area contributed by atoms with E-state index in [9.17, 15) is 9.59 Å². The summed E-state index contributed by atoms with van der Waals surface area (Å²) < 4.78 is 16.5. The zero-order chi connectivity index (χ0) is 26.3. The largest absolute Gasteiger partial charge is 0.486 e. The average Bonchev–Trinajstić information content (AvgIpc) is 3.32. The van der Waals surface area contributed by atoms with Gasteiger partial charge in [-0.2, -0.15) is 0 Å². The Morgan fingerprint density at radius 2 is 1.70 bits per heavy atom. The van der Waals surface area contributed by atoms with Gasteiger partial charge >= 0.3 is 0 Å². The Morgan fingerprint density at radius 1 is 0.973 bits per heavy atom. The molecule has 12 heteroatoms. The zero-order valence-corrected chi connectivity index (χ0v) is 22.4. The number of ether oxygens (including phenoxy) is 3. The first kappa shape index (κ1) is 25.6. The van der Waals surface area contributed by atoms with E-state index < -0.39 is 11.8 Å². The Hall–Kier alpha value is -3.01. The molecule has 0 saturated carbocycles. The van der Waals surface area contributed by atoms with Gasteiger partial charge in [0.2, 0.25) is 6.79 Å². The maximum absolute atomic E-state index is 13.3. The van der Waals surface area contributed by atoms with E-state index in [1.807, 2.05) is 6.07 Å². The Kier molecular flexibility index (Phi) is 7.20. The van der Waals surface area contributed by atoms with Gasteiger partial charge in [-0.25, -0.2) is 0 Å². The Bertz CT molecular complexity index is 1490. The number of nitrogens with zero attached hydrogens (tertiary/aromatic N) is 1. The lowest BCUT2D eigenvalue weighted by molar-refractivity contribution is -0.122. The minimum absolute atomic E-state index is 0.116. The standard InChI is InChI=1S/C25H14Cl4N2O5S/c26-15-2-1-3-18(21(15)29)31-24(33)14(23(32)30-25(31)37)6-13-7-16(27)22(17(28)8-13)34-10-12-4-5-19-20(9-12)36-11-35-19/h1-9H,10-11H2,(H,30,32,37)/b14-6+. The summed E-state index contributed by atoms with van der Waals surface area (Å²) in [5.41, 5.74) is 1.25. The van der Waals surface area contributed by atoms with Crippen LogP contribution >= 0.6 is 58.6 Å². The molecule has 3 aromatic rings. The van der Waals surface area contributed by atoms with Crippen molar-refractivity contribution >= 4 is 87.3 Å². The molecular weight excluding hydrogens is 582 g/mol. The molecule has 0 unspecified atom stereocenters. The third kappa shape index (κ3) is 5.08. The fraction of sp³-hybridized carbons (Fsp3) is 0.0800. The van der Waals surface area contributed by atoms with Crippen LogP contribution in [-0.4, -0.2) is 23.7 Å². The van der Waals surface area contributed by atoms with Crippen molar-refractivity contribution < 1.29 is 23.8 Å². The molecule has 0 atom stereocenters. The van der Waals surface area contributed by atoms with Gasteiger partial charge in [0.05, 0.1) is 25.8 Å². The van der Waals surface area contributed by atoms with Gasteiger partial charge in [0.15, 0.2) is 22.4 Å². The van der Waals surface area contributed by atoms with Gasteiger partial charge < -0.3 is 14.2 Å². The number of rotatable bonds is 5. The monoisotopic (exact) mass is 594 g/mol. The molecule has 0 bridgehead atoms. The second-order valence-electron chi connectivity index (χ2n) is 7.82. The predicted octanol–water partition coefficient (Wildman–Crippen LogP) is 6.44. The summed E-state index contributed by atoms with van der Waals surface area (Å²) in [5, 5.41) is 3.09. The molecule has 0 aliphatic carbocycles. The molecule has 188 valence electrons. The molecule has 7 nitrogen and oxygen atoms in total. The third-order valence-electron chi connectivity index (χ3n) is 5.43. The van der Waals surface area contributed by atoms with Crippen molar-refractivity contribution in [3.05, 3.63) is 85.3 Å². The number of halogens is 4. The van der Waals surface area contributed by atoms with Crippen molar-refractivity contribution in [2.75, 3.05) is 11.7 Å². The highest BCUT2D eigenvalue weighted by Crippen LogP contribution is 2.38. The summed E-state index contributed by atoms with van der Waals surface area (Å²) in [6.45, 7) is 0.342. The van der Waals surface area contributed by atoms with E-state index in [1.54, 1.807) is 30.3 Å². The first-order chi connectivity index (χ1) is 17.7. The zero-order valence-electron chi connectivity index (χ0n) is 18.5. The maximum Gasteiger partial charge on any atom is 0.270 e. The molecule has 37 heavy (non-hydrogen) atoms. The van der Waals surface area contributed by atoms with Crippen molar-refractivity contribution in [2.45, 2.75) is 6.61 Å². The first-order valence-electron chi connectivity index (χ1n) is 10.6. The number of benzene rings is 3. The van der Waals surface area contributed by atoms with Crippen molar-refractivity contribution in [3.63, 3.8) is 0 Å². The van der Waals surface area contributed by atoms with Gasteiger partial charge in [0, 0.05) is 0 Å². The van der Waals surface area contributed by atoms with E-state index in [0.29, 0.717) is 17.1 Å². The van der Waals surface area contributed by atoms with E-state index in [0.717, 1.165) is 10.5 Å². The van der Waals surface area contributed by atoms with Crippen LogP contribution in [0.2, 0.25) is 20.1 Å². The summed E-state index contributed by atoms with van der Waals surface area (Å²) in [6.07, 6.45) is 1.35. The van der Waals surface area contributed by atoms with Gasteiger partial charge in [0.1, 0.15) is 12.2 Å². The van der Waals surface area contributed by atoms with E-state index in [1.165, 1.54) is 18.2 Å². The lowest BCUT2D eigenvalue weighted by Gasteiger charge is -2.29. The smallest absolute Gasteiger partial charge is 0.270 e. The molecule has 1 saturated heterocycles. The van der Waals surface area contributed by atoms with E-state index in [-0.39, 0.29) is 55.6 Å². The summed E-state index contributed by atoms with van der Waals surface area (Å²) >= 11 is 30.5. The van der Waals surface area contributed by atoms with Crippen LogP contribution in [0.3, 0.4) is 0 Å². The summed E-state index contributed by atoms with van der Waals surface area (Å²) in [5.74, 6) is 0.169. The summed E-state index contributed by atoms with van der Waals surface area (Å²) in [6, 6.07) is 13.2. The molecule has 5 rings (SSSR count). The lowest BCUT2D eigenvalue weighted by atomic mass is 10.1. The number of amides is 2. The van der Waals surface area contributed by atoms with Crippen LogP contribution in [0, 0.1) is 0 Å². The van der Waals surface area contributed by atoms with Crippen molar-refractivity contribution in [1.29, 1.82) is 0 Å². The van der Waals surface area contributed by atoms with Crippen LogP contribution in [0.1, 0.15) is 11.1 Å². The van der Waals surface area contributed by atoms with Crippen LogP contribution in [0.5, 0.6) is 17.2 Å². The average molecular weight is 596 g/mol. The van der Waals surface area contributed by atoms with E-state index in [2.05, 4.69) is 5.32 Å². The van der Waals surface area contributed by atoms with Crippen LogP contribution in [0.15, 0.2) is 54.1 Å². The number of anilines is 1. The highest BCUT2D eigenvalue weighted by atomic mass is 35.5. The SMILES string of the molecule is O=C1NC(=S)N(c2cccc(Cl)c2Cl)C(=O)/C1=C/c1cc(Cl)c(OCc2ccc3c(c2)OCO3)c(Cl)c1. The fourth-order valence-corrected chi connectivity index (χ4v) is 4.96. The molecule has 2 amide bonds. The molecule has 0 spiro atoms. The molecule has 2 aliphatic rings. The Labute approximate surface area is 236 Å². The summed E-state index contributed by atoms with van der Waals surface area (Å²) in [7, 11) is 0. The van der Waals surface area contributed by atoms with Crippen LogP contribution in [-0.2, 0) is 16.2 Å². The molecule has 1 N–H and O–H groups in total. The van der Waals surface area contributed by atoms with Crippen LogP contribution in [0.4, 0.5) is 5.69 Å². The molecule has 3 aromatic carbocycles. The summed E-state index contributed by atoms with van der Waals surface area (Å²) in [4.78, 5) is 27.0. The van der Waals surface area contributed by atoms with E-state index >= 15 is 0 Å². The number of hydrogen-bond acceptors (Lipinski definition) is 6. The third-order valence-corrected chi connectivity index (χ3v) is 7.08. The van der Waals surface area contributed by atoms with Gasteiger partial charge in [-0.1, -0.05) is 58.5 Å². The number of carbonyl (C=O) groups is 2. The van der Waals surface area contributed by atoms with Gasteiger partial charge in [-0.3, -0.25) is 19.8 Å². The molecule has 0 aromatic heterocycles. The van der Waals surface area contributed by atoms with Gasteiger partial charge in [0.25, 0.3) is 11.8 Å². The molecule has 1 fully saturated rings. The molecule has 0 radical (unpaired) electrons. The van der Waals surface area contributed by atoms with Gasteiger partial charge in [-0.05, 0) is 65.8 Å². The molecule has 2 heterocycles. The van der Waals surface area contributed by atoms with E-state index in [4.69, 9.17) is 72.8 Å². The van der Waals surface area contributed by atoms with Crippen molar-refractivity contribution in [2.24, 2.45) is 0 Å². The number of hydrogen-bond donors (Lipinski definition) is 1. The fourth-order valence-electron chi connectivity index (χ4n) is 3.69. The minimum atomic E-state index is -0.687. The number of thiocarbonyl (C=S) groups is 1. The second kappa shape index (κ2) is 10.4. The number of carbonyl (C=O) groups excluding carboxylic acids is 2. The Morgan fingerprint density at radius 3 is 2.46 bits per heavy atom. The van der Waals surface area contributed by atoms with Crippen molar-refractivity contribution in [3.8, 4) is 17.2 Å². The lowest BCUT2D eigenvalue weighted by Crippen LogP contribution is -2.54. The van der Waals surface area contributed by atoms with Crippen LogP contribution in [0.25, 0.3) is 6.08 Å².